The number of carbonyl (C=O) groups excluding carboxylic acids is 1. The number of nitrogens with one attached hydrogen (secondary N) is 1. The van der Waals surface area contributed by atoms with Crippen LogP contribution >= 0.6 is 11.3 Å². The van der Waals surface area contributed by atoms with Gasteiger partial charge in [-0.25, -0.2) is 4.98 Å². The molecule has 0 saturated heterocycles. The van der Waals surface area contributed by atoms with Crippen molar-refractivity contribution in [2.24, 2.45) is 0 Å². The normalized spacial score (nSPS) is 10.4. The van der Waals surface area contributed by atoms with Crippen LogP contribution in [0.1, 0.15) is 11.3 Å². The summed E-state index contributed by atoms with van der Waals surface area (Å²) in [4.78, 5) is 22.0. The first-order valence-corrected chi connectivity index (χ1v) is 8.29. The predicted octanol–water partition coefficient (Wildman–Crippen LogP) is 3.70. The second kappa shape index (κ2) is 7.23. The number of thiazole rings is 1. The van der Waals surface area contributed by atoms with Gasteiger partial charge < -0.3 is 10.1 Å². The highest BCUT2D eigenvalue weighted by molar-refractivity contribution is 7.19. The van der Waals surface area contributed by atoms with Crippen LogP contribution < -0.4 is 10.1 Å². The minimum Gasteiger partial charge on any atom is -0.496 e. The molecule has 24 heavy (non-hydrogen) atoms. The second-order valence-corrected chi connectivity index (χ2v) is 6.18. The van der Waals surface area contributed by atoms with E-state index in [-0.39, 0.29) is 12.3 Å². The Balaban J connectivity index is 1.74. The largest absolute Gasteiger partial charge is 0.496 e. The van der Waals surface area contributed by atoms with E-state index in [9.17, 15) is 4.79 Å². The van der Waals surface area contributed by atoms with Crippen molar-refractivity contribution in [2.75, 3.05) is 12.4 Å². The number of para-hydroxylation sites is 1. The highest BCUT2D eigenvalue weighted by Gasteiger charge is 2.14. The molecule has 0 spiro atoms. The van der Waals surface area contributed by atoms with E-state index in [2.05, 4.69) is 15.3 Å². The molecule has 3 rings (SSSR count). The third kappa shape index (κ3) is 3.60. The molecular formula is C18H17N3O2S. The van der Waals surface area contributed by atoms with Gasteiger partial charge >= 0.3 is 0 Å². The Hall–Kier alpha value is -2.73. The van der Waals surface area contributed by atoms with Crippen molar-refractivity contribution in [1.82, 2.24) is 9.97 Å². The third-order valence-corrected chi connectivity index (χ3v) is 4.58. The first-order chi connectivity index (χ1) is 11.7. The molecule has 1 aromatic carbocycles. The maximum Gasteiger partial charge on any atom is 0.230 e. The van der Waals surface area contributed by atoms with Crippen LogP contribution in [0.25, 0.3) is 10.6 Å². The van der Waals surface area contributed by atoms with Crippen molar-refractivity contribution in [3.05, 3.63) is 59.9 Å². The summed E-state index contributed by atoms with van der Waals surface area (Å²) in [5.74, 6) is 0.581. The van der Waals surface area contributed by atoms with Gasteiger partial charge in [-0.2, -0.15) is 0 Å². The van der Waals surface area contributed by atoms with Gasteiger partial charge in [-0.1, -0.05) is 35.6 Å². The standard InChI is InChI=1S/C18H17N3O2S/c1-12-17(14-8-5-6-10-19-14)24-18(20-12)21-16(22)11-13-7-3-4-9-15(13)23-2/h3-10H,11H2,1-2H3,(H,20,21,22). The van der Waals surface area contributed by atoms with Gasteiger partial charge in [0.15, 0.2) is 5.13 Å². The van der Waals surface area contributed by atoms with E-state index < -0.39 is 0 Å². The summed E-state index contributed by atoms with van der Waals surface area (Å²) in [5.41, 5.74) is 2.56. The molecule has 122 valence electrons. The van der Waals surface area contributed by atoms with Crippen LogP contribution in [0.2, 0.25) is 0 Å². The second-order valence-electron chi connectivity index (χ2n) is 5.19. The van der Waals surface area contributed by atoms with Crippen LogP contribution in [0.4, 0.5) is 5.13 Å². The molecule has 3 aromatic rings. The molecule has 0 bridgehead atoms. The lowest BCUT2D eigenvalue weighted by Crippen LogP contribution is -2.14. The van der Waals surface area contributed by atoms with Crippen LogP contribution in [0, 0.1) is 6.92 Å². The van der Waals surface area contributed by atoms with Crippen molar-refractivity contribution in [3.8, 4) is 16.3 Å². The lowest BCUT2D eigenvalue weighted by Gasteiger charge is -2.07. The summed E-state index contributed by atoms with van der Waals surface area (Å²) < 4.78 is 5.28. The van der Waals surface area contributed by atoms with Crippen molar-refractivity contribution in [3.63, 3.8) is 0 Å². The molecule has 0 aliphatic rings. The highest BCUT2D eigenvalue weighted by Crippen LogP contribution is 2.31. The zero-order valence-electron chi connectivity index (χ0n) is 13.4. The van der Waals surface area contributed by atoms with Gasteiger partial charge in [0.1, 0.15) is 5.75 Å². The van der Waals surface area contributed by atoms with Crippen LogP contribution in [0.3, 0.4) is 0 Å². The van der Waals surface area contributed by atoms with E-state index in [1.54, 1.807) is 13.3 Å². The number of amides is 1. The maximum atomic E-state index is 12.3. The zero-order valence-corrected chi connectivity index (χ0v) is 14.3. The molecule has 2 aromatic heterocycles. The smallest absolute Gasteiger partial charge is 0.230 e. The SMILES string of the molecule is COc1ccccc1CC(=O)Nc1nc(C)c(-c2ccccn2)s1. The van der Waals surface area contributed by atoms with E-state index in [0.29, 0.717) is 10.9 Å². The fraction of sp³-hybridized carbons (Fsp3) is 0.167. The monoisotopic (exact) mass is 339 g/mol. The predicted molar refractivity (Wildman–Crippen MR) is 95.4 cm³/mol. The lowest BCUT2D eigenvalue weighted by molar-refractivity contribution is -0.115. The van der Waals surface area contributed by atoms with Crippen LogP contribution in [-0.4, -0.2) is 23.0 Å². The Morgan fingerprint density at radius 1 is 1.21 bits per heavy atom. The summed E-state index contributed by atoms with van der Waals surface area (Å²) in [6.45, 7) is 1.91. The van der Waals surface area contributed by atoms with Crippen LogP contribution in [-0.2, 0) is 11.2 Å². The average Bonchev–Trinajstić information content (AvgIpc) is 2.96. The molecule has 0 aliphatic heterocycles. The molecule has 0 unspecified atom stereocenters. The lowest BCUT2D eigenvalue weighted by atomic mass is 10.1. The van der Waals surface area contributed by atoms with Crippen LogP contribution in [0.5, 0.6) is 5.75 Å². The van der Waals surface area contributed by atoms with Gasteiger partial charge in [0, 0.05) is 11.8 Å². The Morgan fingerprint density at radius 3 is 2.75 bits per heavy atom. The molecule has 0 saturated carbocycles. The summed E-state index contributed by atoms with van der Waals surface area (Å²) in [5, 5.41) is 3.43. The highest BCUT2D eigenvalue weighted by atomic mass is 32.1. The van der Waals surface area contributed by atoms with Crippen LogP contribution in [0.15, 0.2) is 48.7 Å². The van der Waals surface area contributed by atoms with Gasteiger partial charge in [0.25, 0.3) is 0 Å². The Morgan fingerprint density at radius 2 is 2.00 bits per heavy atom. The molecule has 0 atom stereocenters. The number of hydrogen-bond acceptors (Lipinski definition) is 5. The van der Waals surface area contributed by atoms with Crippen molar-refractivity contribution >= 4 is 22.4 Å². The quantitative estimate of drug-likeness (QED) is 0.770. The van der Waals surface area contributed by atoms with E-state index >= 15 is 0 Å². The summed E-state index contributed by atoms with van der Waals surface area (Å²) in [6.07, 6.45) is 1.98. The Bertz CT molecular complexity index is 846. The van der Waals surface area contributed by atoms with Crippen molar-refractivity contribution in [1.29, 1.82) is 0 Å². The number of rotatable bonds is 5. The van der Waals surface area contributed by atoms with E-state index in [1.807, 2.05) is 49.4 Å². The minimum atomic E-state index is -0.124. The molecule has 0 aliphatic carbocycles. The molecule has 1 amide bonds. The van der Waals surface area contributed by atoms with E-state index in [0.717, 1.165) is 21.8 Å². The number of nitrogens with zero attached hydrogens (tertiary/aromatic N) is 2. The maximum absolute atomic E-state index is 12.3. The fourth-order valence-electron chi connectivity index (χ4n) is 2.37. The minimum absolute atomic E-state index is 0.124. The molecule has 0 fully saturated rings. The summed E-state index contributed by atoms with van der Waals surface area (Å²) in [7, 11) is 1.60. The number of pyridine rings is 1. The number of aryl methyl sites for hydroxylation is 1. The number of carbonyl (C=O) groups is 1. The summed E-state index contributed by atoms with van der Waals surface area (Å²) >= 11 is 1.42. The zero-order chi connectivity index (χ0) is 16.9. The molecule has 5 nitrogen and oxygen atoms in total. The number of methoxy groups -OCH3 is 1. The van der Waals surface area contributed by atoms with Crippen molar-refractivity contribution in [2.45, 2.75) is 13.3 Å². The number of ether oxygens (including phenoxy) is 1. The molecule has 0 radical (unpaired) electrons. The van der Waals surface area contributed by atoms with Gasteiger partial charge in [-0.15, -0.1) is 0 Å². The molecule has 2 heterocycles. The van der Waals surface area contributed by atoms with E-state index in [4.69, 9.17) is 4.74 Å². The molecule has 1 N–H and O–H groups in total. The first kappa shape index (κ1) is 16.1. The fourth-order valence-corrected chi connectivity index (χ4v) is 3.33. The Kier molecular flexibility index (Phi) is 4.86. The van der Waals surface area contributed by atoms with Gasteiger partial charge in [-0.05, 0) is 25.1 Å². The van der Waals surface area contributed by atoms with Gasteiger partial charge in [0.05, 0.1) is 29.8 Å². The van der Waals surface area contributed by atoms with E-state index in [1.165, 1.54) is 11.3 Å². The number of aromatic nitrogens is 2. The number of anilines is 1. The first-order valence-electron chi connectivity index (χ1n) is 7.48. The third-order valence-electron chi connectivity index (χ3n) is 3.48. The number of benzene rings is 1. The van der Waals surface area contributed by atoms with Crippen molar-refractivity contribution < 1.29 is 9.53 Å². The summed E-state index contributed by atoms with van der Waals surface area (Å²) in [6, 6.07) is 13.2. The topological polar surface area (TPSA) is 64.1 Å². The molecule has 6 heteroatoms. The Labute approximate surface area is 144 Å². The van der Waals surface area contributed by atoms with Gasteiger partial charge in [-0.3, -0.25) is 9.78 Å². The number of hydrogen-bond donors (Lipinski definition) is 1. The van der Waals surface area contributed by atoms with Gasteiger partial charge in [0.2, 0.25) is 5.91 Å². The molecular weight excluding hydrogens is 322 g/mol. The average molecular weight is 339 g/mol.